The third-order valence-corrected chi connectivity index (χ3v) is 5.63. The molecule has 8 heteroatoms. The van der Waals surface area contributed by atoms with E-state index in [1.165, 1.54) is 25.0 Å². The molecule has 0 radical (unpaired) electrons. The van der Waals surface area contributed by atoms with E-state index in [0.717, 1.165) is 24.0 Å². The van der Waals surface area contributed by atoms with Crippen LogP contribution in [0.2, 0.25) is 0 Å². The summed E-state index contributed by atoms with van der Waals surface area (Å²) in [5.74, 6) is 0.614. The van der Waals surface area contributed by atoms with Crippen molar-refractivity contribution in [3.05, 3.63) is 26.7 Å². The molecule has 142 valence electrons. The highest BCUT2D eigenvalue weighted by molar-refractivity contribution is 5.82. The summed E-state index contributed by atoms with van der Waals surface area (Å²) in [5.41, 5.74) is -0.176. The Morgan fingerprint density at radius 1 is 1.23 bits per heavy atom. The molecule has 0 unspecified atom stereocenters. The Bertz CT molecular complexity index is 968. The Hall–Kier alpha value is -2.22. The predicted molar refractivity (Wildman–Crippen MR) is 99.3 cm³/mol. The Kier molecular flexibility index (Phi) is 4.88. The fraction of sp³-hybridized carbons (Fsp3) is 0.667. The molecule has 3 heterocycles. The summed E-state index contributed by atoms with van der Waals surface area (Å²) >= 11 is 0. The number of rotatable bonds is 4. The number of Topliss-reactive ketones (excluding diaryl/α,β-unsaturated/α-hetero) is 1. The van der Waals surface area contributed by atoms with Crippen molar-refractivity contribution >= 4 is 16.9 Å². The summed E-state index contributed by atoms with van der Waals surface area (Å²) in [7, 11) is 3.06. The zero-order chi connectivity index (χ0) is 19.2. The number of hydrogen-bond donors (Lipinski definition) is 0. The third-order valence-electron chi connectivity index (χ3n) is 5.63. The molecule has 0 amide bonds. The van der Waals surface area contributed by atoms with Crippen molar-refractivity contribution in [1.82, 2.24) is 23.6 Å². The van der Waals surface area contributed by atoms with Crippen LogP contribution in [0.5, 0.6) is 0 Å². The van der Waals surface area contributed by atoms with Gasteiger partial charge < -0.3 is 4.57 Å². The molecule has 0 aliphatic carbocycles. The van der Waals surface area contributed by atoms with Gasteiger partial charge in [0.25, 0.3) is 5.56 Å². The summed E-state index contributed by atoms with van der Waals surface area (Å²) in [6.45, 7) is 7.00. The van der Waals surface area contributed by atoms with E-state index in [-0.39, 0.29) is 5.78 Å². The van der Waals surface area contributed by atoms with Crippen LogP contribution in [0.25, 0.3) is 11.2 Å². The fourth-order valence-corrected chi connectivity index (χ4v) is 3.74. The zero-order valence-corrected chi connectivity index (χ0v) is 16.2. The molecule has 8 nitrogen and oxygen atoms in total. The smallest absolute Gasteiger partial charge is 0.311 e. The number of aromatic nitrogens is 4. The number of likely N-dealkylation sites (tertiary alicyclic amines) is 1. The molecule has 1 saturated heterocycles. The molecule has 2 atom stereocenters. The number of carbonyl (C=O) groups excluding carboxylic acids is 1. The molecule has 0 aromatic carbocycles. The highest BCUT2D eigenvalue weighted by Gasteiger charge is 2.27. The Balaban J connectivity index is 2.25. The van der Waals surface area contributed by atoms with E-state index in [2.05, 4.69) is 16.8 Å². The van der Waals surface area contributed by atoms with Crippen LogP contribution in [0.15, 0.2) is 9.59 Å². The number of aryl methyl sites for hydroxylation is 1. The van der Waals surface area contributed by atoms with E-state index in [1.54, 1.807) is 18.5 Å². The van der Waals surface area contributed by atoms with Gasteiger partial charge in [0.2, 0.25) is 0 Å². The molecule has 1 aliphatic rings. The van der Waals surface area contributed by atoms with Crippen LogP contribution in [0.1, 0.15) is 51.9 Å². The van der Waals surface area contributed by atoms with Crippen LogP contribution in [0.4, 0.5) is 0 Å². The third kappa shape index (κ3) is 2.92. The molecule has 0 spiro atoms. The lowest BCUT2D eigenvalue weighted by Gasteiger charge is -2.33. The van der Waals surface area contributed by atoms with E-state index in [1.807, 2.05) is 0 Å². The molecule has 0 saturated carbocycles. The molecular formula is C18H27N5O3. The standard InChI is InChI=1S/C18H27N5O3/c1-11-8-6-7-9-22(11)10-14-19-16-15(23(14)12(2)13(3)24)17(25)21(5)18(26)20(16)4/h11-12H,6-10H2,1-5H3/t11-,12-/m0/s1. The number of hydrogen-bond acceptors (Lipinski definition) is 5. The maximum Gasteiger partial charge on any atom is 0.332 e. The second-order valence-electron chi connectivity index (χ2n) is 7.38. The minimum Gasteiger partial charge on any atom is -0.311 e. The lowest BCUT2D eigenvalue weighted by Crippen LogP contribution is -2.38. The predicted octanol–water partition coefficient (Wildman–Crippen LogP) is 0.958. The Morgan fingerprint density at radius 2 is 1.92 bits per heavy atom. The molecule has 2 aromatic heterocycles. The summed E-state index contributed by atoms with van der Waals surface area (Å²) in [6, 6.07) is -0.0865. The molecule has 26 heavy (non-hydrogen) atoms. The molecule has 2 aromatic rings. The van der Waals surface area contributed by atoms with Gasteiger partial charge in [-0.3, -0.25) is 23.6 Å². The van der Waals surface area contributed by atoms with E-state index in [0.29, 0.717) is 29.6 Å². The monoisotopic (exact) mass is 361 g/mol. The van der Waals surface area contributed by atoms with Gasteiger partial charge in [-0.2, -0.15) is 0 Å². The van der Waals surface area contributed by atoms with E-state index < -0.39 is 17.3 Å². The maximum atomic E-state index is 12.8. The molecular weight excluding hydrogens is 334 g/mol. The average Bonchev–Trinajstić information content (AvgIpc) is 2.98. The number of carbonyl (C=O) groups is 1. The number of fused-ring (bicyclic) bond motifs is 1. The average molecular weight is 361 g/mol. The van der Waals surface area contributed by atoms with Gasteiger partial charge in [0, 0.05) is 20.1 Å². The van der Waals surface area contributed by atoms with Crippen molar-refractivity contribution in [2.45, 2.75) is 58.7 Å². The van der Waals surface area contributed by atoms with Crippen LogP contribution in [0.3, 0.4) is 0 Å². The van der Waals surface area contributed by atoms with Gasteiger partial charge in [0.1, 0.15) is 5.82 Å². The van der Waals surface area contributed by atoms with Crippen LogP contribution >= 0.6 is 0 Å². The van der Waals surface area contributed by atoms with E-state index >= 15 is 0 Å². The second kappa shape index (κ2) is 6.83. The lowest BCUT2D eigenvalue weighted by molar-refractivity contribution is -0.119. The van der Waals surface area contributed by atoms with Gasteiger partial charge >= 0.3 is 5.69 Å². The van der Waals surface area contributed by atoms with Gasteiger partial charge in [-0.15, -0.1) is 0 Å². The van der Waals surface area contributed by atoms with Crippen LogP contribution in [0, 0.1) is 0 Å². The fourth-order valence-electron chi connectivity index (χ4n) is 3.74. The summed E-state index contributed by atoms with van der Waals surface area (Å²) < 4.78 is 4.17. The van der Waals surface area contributed by atoms with Gasteiger partial charge in [-0.1, -0.05) is 6.42 Å². The van der Waals surface area contributed by atoms with Crippen LogP contribution < -0.4 is 11.2 Å². The molecule has 3 rings (SSSR count). The largest absolute Gasteiger partial charge is 0.332 e. The number of nitrogens with zero attached hydrogens (tertiary/aromatic N) is 5. The molecule has 0 N–H and O–H groups in total. The van der Waals surface area contributed by atoms with Gasteiger partial charge in [-0.05, 0) is 40.2 Å². The molecule has 1 fully saturated rings. The van der Waals surface area contributed by atoms with Crippen molar-refractivity contribution in [2.75, 3.05) is 6.54 Å². The highest BCUT2D eigenvalue weighted by Crippen LogP contribution is 2.23. The lowest BCUT2D eigenvalue weighted by atomic mass is 10.0. The molecule has 1 aliphatic heterocycles. The van der Waals surface area contributed by atoms with Crippen LogP contribution in [-0.4, -0.2) is 42.0 Å². The number of ketones is 1. The van der Waals surface area contributed by atoms with Gasteiger partial charge in [0.15, 0.2) is 16.9 Å². The number of imidazole rings is 1. The topological polar surface area (TPSA) is 82.1 Å². The first kappa shape index (κ1) is 18.6. The van der Waals surface area contributed by atoms with E-state index in [9.17, 15) is 14.4 Å². The first-order valence-corrected chi connectivity index (χ1v) is 9.15. The van der Waals surface area contributed by atoms with Crippen molar-refractivity contribution in [3.8, 4) is 0 Å². The van der Waals surface area contributed by atoms with E-state index in [4.69, 9.17) is 0 Å². The quantitative estimate of drug-likeness (QED) is 0.810. The normalized spacial score (nSPS) is 19.8. The van der Waals surface area contributed by atoms with Gasteiger partial charge in [-0.25, -0.2) is 9.78 Å². The van der Waals surface area contributed by atoms with Crippen molar-refractivity contribution in [2.24, 2.45) is 14.1 Å². The van der Waals surface area contributed by atoms with Crippen molar-refractivity contribution in [3.63, 3.8) is 0 Å². The first-order chi connectivity index (χ1) is 12.2. The summed E-state index contributed by atoms with van der Waals surface area (Å²) in [4.78, 5) is 44.1. The Morgan fingerprint density at radius 3 is 2.54 bits per heavy atom. The first-order valence-electron chi connectivity index (χ1n) is 9.15. The SMILES string of the molecule is CC(=O)[C@H](C)n1c(CN2CCCC[C@@H]2C)nc2c1c(=O)n(C)c(=O)n2C. The molecule has 0 bridgehead atoms. The van der Waals surface area contributed by atoms with Crippen molar-refractivity contribution < 1.29 is 4.79 Å². The minimum atomic E-state index is -0.514. The second-order valence-corrected chi connectivity index (χ2v) is 7.38. The minimum absolute atomic E-state index is 0.0480. The maximum absolute atomic E-state index is 12.8. The zero-order valence-electron chi connectivity index (χ0n) is 16.2. The van der Waals surface area contributed by atoms with Gasteiger partial charge in [0.05, 0.1) is 12.6 Å². The Labute approximate surface area is 152 Å². The van der Waals surface area contributed by atoms with Crippen LogP contribution in [-0.2, 0) is 25.4 Å². The summed E-state index contributed by atoms with van der Waals surface area (Å²) in [5, 5.41) is 0. The highest BCUT2D eigenvalue weighted by atomic mass is 16.2. The number of piperidine rings is 1. The summed E-state index contributed by atoms with van der Waals surface area (Å²) in [6.07, 6.45) is 3.47. The van der Waals surface area contributed by atoms with Crippen molar-refractivity contribution in [1.29, 1.82) is 0 Å².